The second kappa shape index (κ2) is 6.76. The van der Waals surface area contributed by atoms with Crippen molar-refractivity contribution in [3.63, 3.8) is 0 Å². The first kappa shape index (κ1) is 13.4. The molecule has 3 heteroatoms. The topological polar surface area (TPSA) is 29.1 Å². The zero-order valence-corrected chi connectivity index (χ0v) is 11.1. The number of amides is 1. The third-order valence-electron chi connectivity index (χ3n) is 2.61. The summed E-state index contributed by atoms with van der Waals surface area (Å²) in [5.74, 6) is -0.112. The first-order valence-corrected chi connectivity index (χ1v) is 6.37. The summed E-state index contributed by atoms with van der Waals surface area (Å²) in [6, 6.07) is 17.1. The van der Waals surface area contributed by atoms with Crippen molar-refractivity contribution < 1.29 is 4.79 Å². The normalized spacial score (nSPS) is 10.6. The number of carbonyl (C=O) groups is 1. The number of hydrogen-bond acceptors (Lipinski definition) is 1. The molecule has 2 nitrogen and oxygen atoms in total. The fourth-order valence-corrected chi connectivity index (χ4v) is 1.72. The van der Waals surface area contributed by atoms with Gasteiger partial charge in [0.15, 0.2) is 0 Å². The van der Waals surface area contributed by atoms with Crippen LogP contribution < -0.4 is 5.32 Å². The highest BCUT2D eigenvalue weighted by Gasteiger charge is 1.96. The van der Waals surface area contributed by atoms with Crippen molar-refractivity contribution in [1.29, 1.82) is 0 Å². The molecule has 2 aromatic rings. The van der Waals surface area contributed by atoms with Gasteiger partial charge in [-0.1, -0.05) is 54.1 Å². The maximum atomic E-state index is 11.6. The molecule has 2 aromatic carbocycles. The van der Waals surface area contributed by atoms with Gasteiger partial charge in [-0.05, 0) is 29.3 Å². The lowest BCUT2D eigenvalue weighted by molar-refractivity contribution is -0.116. The highest BCUT2D eigenvalue weighted by atomic mass is 35.5. The largest absolute Gasteiger partial charge is 0.348 e. The Hall–Kier alpha value is -2.06. The van der Waals surface area contributed by atoms with Crippen LogP contribution >= 0.6 is 11.6 Å². The molecule has 0 aliphatic rings. The molecular weight excluding hydrogens is 258 g/mol. The minimum atomic E-state index is -0.112. The molecule has 0 atom stereocenters. The molecule has 0 heterocycles. The standard InChI is InChI=1S/C16H14ClNO/c17-15-9-6-13(7-10-15)8-11-16(19)18-12-14-4-2-1-3-5-14/h1-11H,12H2,(H,18,19)/b11-8-. The Balaban J connectivity index is 1.86. The molecule has 0 aromatic heterocycles. The molecule has 2 rings (SSSR count). The lowest BCUT2D eigenvalue weighted by Crippen LogP contribution is -2.20. The minimum absolute atomic E-state index is 0.112. The van der Waals surface area contributed by atoms with Crippen molar-refractivity contribution in [2.24, 2.45) is 0 Å². The van der Waals surface area contributed by atoms with Crippen molar-refractivity contribution in [2.75, 3.05) is 0 Å². The highest BCUT2D eigenvalue weighted by molar-refractivity contribution is 6.30. The Bertz CT molecular complexity index is 561. The van der Waals surface area contributed by atoms with Crippen LogP contribution in [0, 0.1) is 0 Å². The number of hydrogen-bond donors (Lipinski definition) is 1. The summed E-state index contributed by atoms with van der Waals surface area (Å²) in [6.45, 7) is 0.532. The Kier molecular flexibility index (Phi) is 4.76. The molecule has 96 valence electrons. The lowest BCUT2D eigenvalue weighted by atomic mass is 10.2. The van der Waals surface area contributed by atoms with Crippen LogP contribution in [0.25, 0.3) is 6.08 Å². The van der Waals surface area contributed by atoms with Crippen LogP contribution in [-0.4, -0.2) is 5.91 Å². The van der Waals surface area contributed by atoms with E-state index in [9.17, 15) is 4.79 Å². The number of halogens is 1. The number of nitrogens with one attached hydrogen (secondary N) is 1. The lowest BCUT2D eigenvalue weighted by Gasteiger charge is -2.01. The average Bonchev–Trinajstić information content (AvgIpc) is 2.45. The summed E-state index contributed by atoms with van der Waals surface area (Å²) < 4.78 is 0. The first-order valence-electron chi connectivity index (χ1n) is 5.99. The Morgan fingerprint density at radius 2 is 1.74 bits per heavy atom. The van der Waals surface area contributed by atoms with E-state index in [4.69, 9.17) is 11.6 Å². The van der Waals surface area contributed by atoms with E-state index in [0.29, 0.717) is 11.6 Å². The van der Waals surface area contributed by atoms with Gasteiger partial charge < -0.3 is 5.32 Å². The fourth-order valence-electron chi connectivity index (χ4n) is 1.59. The Labute approximate surface area is 117 Å². The van der Waals surface area contributed by atoms with Crippen molar-refractivity contribution in [1.82, 2.24) is 5.32 Å². The van der Waals surface area contributed by atoms with E-state index in [-0.39, 0.29) is 5.91 Å². The SMILES string of the molecule is O=C(/C=C\c1ccc(Cl)cc1)NCc1ccccc1. The molecule has 0 aliphatic carbocycles. The molecular formula is C16H14ClNO. The van der Waals surface area contributed by atoms with E-state index in [1.807, 2.05) is 42.5 Å². The summed E-state index contributed by atoms with van der Waals surface area (Å²) in [5.41, 5.74) is 2.02. The number of carbonyl (C=O) groups excluding carboxylic acids is 1. The second-order valence-corrected chi connectivity index (χ2v) is 4.52. The van der Waals surface area contributed by atoms with Crippen LogP contribution in [0.4, 0.5) is 0 Å². The molecule has 0 aliphatic heterocycles. The van der Waals surface area contributed by atoms with Crippen molar-refractivity contribution >= 4 is 23.6 Å². The van der Waals surface area contributed by atoms with Gasteiger partial charge in [-0.3, -0.25) is 4.79 Å². The van der Waals surface area contributed by atoms with Crippen molar-refractivity contribution in [2.45, 2.75) is 6.54 Å². The third kappa shape index (κ3) is 4.60. The van der Waals surface area contributed by atoms with Gasteiger partial charge in [-0.2, -0.15) is 0 Å². The van der Waals surface area contributed by atoms with Gasteiger partial charge in [0.1, 0.15) is 0 Å². The smallest absolute Gasteiger partial charge is 0.244 e. The van der Waals surface area contributed by atoms with Crippen LogP contribution in [0.3, 0.4) is 0 Å². The Morgan fingerprint density at radius 1 is 1.05 bits per heavy atom. The molecule has 19 heavy (non-hydrogen) atoms. The van der Waals surface area contributed by atoms with E-state index >= 15 is 0 Å². The molecule has 1 amide bonds. The first-order chi connectivity index (χ1) is 9.24. The van der Waals surface area contributed by atoms with Gasteiger partial charge in [0.25, 0.3) is 0 Å². The van der Waals surface area contributed by atoms with Crippen LogP contribution in [0.2, 0.25) is 5.02 Å². The van der Waals surface area contributed by atoms with Crippen LogP contribution in [0.5, 0.6) is 0 Å². The molecule has 0 radical (unpaired) electrons. The van der Waals surface area contributed by atoms with Gasteiger partial charge in [0, 0.05) is 17.6 Å². The number of benzene rings is 2. The van der Waals surface area contributed by atoms with Gasteiger partial charge in [-0.25, -0.2) is 0 Å². The van der Waals surface area contributed by atoms with Crippen LogP contribution in [0.1, 0.15) is 11.1 Å². The molecule has 0 spiro atoms. The zero-order chi connectivity index (χ0) is 13.5. The predicted octanol–water partition coefficient (Wildman–Crippen LogP) is 3.67. The van der Waals surface area contributed by atoms with Gasteiger partial charge >= 0.3 is 0 Å². The molecule has 0 bridgehead atoms. The van der Waals surface area contributed by atoms with Gasteiger partial charge in [0.05, 0.1) is 0 Å². The predicted molar refractivity (Wildman–Crippen MR) is 78.8 cm³/mol. The van der Waals surface area contributed by atoms with E-state index in [0.717, 1.165) is 11.1 Å². The summed E-state index contributed by atoms with van der Waals surface area (Å²) >= 11 is 5.79. The summed E-state index contributed by atoms with van der Waals surface area (Å²) in [7, 11) is 0. The molecule has 0 saturated carbocycles. The van der Waals surface area contributed by atoms with E-state index in [1.54, 1.807) is 18.2 Å². The van der Waals surface area contributed by atoms with Gasteiger partial charge in [-0.15, -0.1) is 0 Å². The van der Waals surface area contributed by atoms with Crippen molar-refractivity contribution in [3.05, 3.63) is 76.8 Å². The molecule has 0 unspecified atom stereocenters. The maximum absolute atomic E-state index is 11.6. The Morgan fingerprint density at radius 3 is 2.42 bits per heavy atom. The summed E-state index contributed by atoms with van der Waals surface area (Å²) in [6.07, 6.45) is 3.28. The summed E-state index contributed by atoms with van der Waals surface area (Å²) in [4.78, 5) is 11.6. The minimum Gasteiger partial charge on any atom is -0.348 e. The average molecular weight is 272 g/mol. The highest BCUT2D eigenvalue weighted by Crippen LogP contribution is 2.10. The third-order valence-corrected chi connectivity index (χ3v) is 2.86. The van der Waals surface area contributed by atoms with Crippen LogP contribution in [-0.2, 0) is 11.3 Å². The maximum Gasteiger partial charge on any atom is 0.244 e. The monoisotopic (exact) mass is 271 g/mol. The fraction of sp³-hybridized carbons (Fsp3) is 0.0625. The number of rotatable bonds is 4. The molecule has 0 saturated heterocycles. The molecule has 0 fully saturated rings. The van der Waals surface area contributed by atoms with Crippen molar-refractivity contribution in [3.8, 4) is 0 Å². The zero-order valence-electron chi connectivity index (χ0n) is 10.3. The van der Waals surface area contributed by atoms with Gasteiger partial charge in [0.2, 0.25) is 5.91 Å². The second-order valence-electron chi connectivity index (χ2n) is 4.09. The quantitative estimate of drug-likeness (QED) is 0.845. The summed E-state index contributed by atoms with van der Waals surface area (Å²) in [5, 5.41) is 3.51. The van der Waals surface area contributed by atoms with E-state index in [1.165, 1.54) is 6.08 Å². The van der Waals surface area contributed by atoms with Crippen LogP contribution in [0.15, 0.2) is 60.7 Å². The molecule has 1 N–H and O–H groups in total. The van der Waals surface area contributed by atoms with E-state index in [2.05, 4.69) is 5.32 Å². The van der Waals surface area contributed by atoms with E-state index < -0.39 is 0 Å².